The smallest absolute Gasteiger partial charge is 0.197 e. The molecule has 3 aromatic carbocycles. The van der Waals surface area contributed by atoms with E-state index in [2.05, 4.69) is 9.93 Å². The summed E-state index contributed by atoms with van der Waals surface area (Å²) in [7, 11) is 0.699. The summed E-state index contributed by atoms with van der Waals surface area (Å²) < 4.78 is 60.7. The Hall–Kier alpha value is -3.48. The number of sulfonamides is 1. The van der Waals surface area contributed by atoms with Crippen molar-refractivity contribution in [2.75, 3.05) is 41.7 Å². The maximum absolute atomic E-state index is 13.3. The monoisotopic (exact) mass is 582 g/mol. The molecule has 5 rings (SSSR count). The van der Waals surface area contributed by atoms with Gasteiger partial charge >= 0.3 is 0 Å². The lowest BCUT2D eigenvalue weighted by molar-refractivity contribution is 0.0472. The van der Waals surface area contributed by atoms with E-state index in [9.17, 15) is 8.76 Å². The molecule has 0 heterocycles. The lowest BCUT2D eigenvalue weighted by atomic mass is 9.90. The van der Waals surface area contributed by atoms with Crippen LogP contribution in [0.5, 0.6) is 17.2 Å². The number of hydrogen-bond acceptors (Lipinski definition) is 9. The molecule has 0 amide bonds. The first-order valence-electron chi connectivity index (χ1n) is 13.3. The van der Waals surface area contributed by atoms with Crippen molar-refractivity contribution >= 4 is 32.5 Å². The van der Waals surface area contributed by atoms with Gasteiger partial charge in [-0.1, -0.05) is 34.0 Å². The van der Waals surface area contributed by atoms with Crippen molar-refractivity contribution in [3.05, 3.63) is 64.7 Å². The van der Waals surface area contributed by atoms with E-state index < -0.39 is 10.4 Å². The van der Waals surface area contributed by atoms with Gasteiger partial charge in [0.15, 0.2) is 35.7 Å². The predicted molar refractivity (Wildman–Crippen MR) is 155 cm³/mol. The minimum Gasteiger partial charge on any atom is -0.587 e. The van der Waals surface area contributed by atoms with Gasteiger partial charge in [0.05, 0.1) is 10.9 Å². The van der Waals surface area contributed by atoms with Crippen LogP contribution in [0.3, 0.4) is 0 Å². The molecule has 1 N–H and O–H groups in total. The Bertz CT molecular complexity index is 1530. The molecule has 2 aliphatic rings. The summed E-state index contributed by atoms with van der Waals surface area (Å²) >= 11 is 0. The number of nitrogens with one attached hydrogen (secondary N) is 1. The second kappa shape index (κ2) is 12.6. The van der Waals surface area contributed by atoms with Gasteiger partial charge in [0, 0.05) is 32.3 Å². The highest BCUT2D eigenvalue weighted by atomic mass is 32.3. The number of aryl methyl sites for hydroxylation is 1. The van der Waals surface area contributed by atoms with Crippen molar-refractivity contribution in [3.8, 4) is 17.2 Å². The number of hydrazone groups is 1. The highest BCUT2D eigenvalue weighted by Crippen LogP contribution is 2.54. The molecule has 1 atom stereocenters. The highest BCUT2D eigenvalue weighted by molar-refractivity contribution is 7.95. The molecule has 3 aromatic rings. The van der Waals surface area contributed by atoms with Gasteiger partial charge < -0.3 is 33.0 Å². The maximum atomic E-state index is 13.3. The second-order valence-corrected chi connectivity index (χ2v) is 11.4. The molecule has 0 radical (unpaired) electrons. The Morgan fingerprint density at radius 3 is 2.15 bits per heavy atom. The van der Waals surface area contributed by atoms with E-state index in [1.54, 1.807) is 38.5 Å². The minimum atomic E-state index is -3.94. The molecule has 11 heteroatoms. The van der Waals surface area contributed by atoms with Crippen LogP contribution in [0.2, 0.25) is 0 Å². The molecular weight excluding hydrogens is 548 g/mol. The van der Waals surface area contributed by atoms with Crippen LogP contribution in [0.25, 0.3) is 16.3 Å². The van der Waals surface area contributed by atoms with E-state index in [1.807, 2.05) is 25.1 Å². The SMILES string of the molecule is COCOc1c2c(c(OCOC)c3c(OCOC)cccc13)/C(=N/N[S+](=O)([O-])c1ccc(C)cc1)C1=C2CCCC1. The van der Waals surface area contributed by atoms with Gasteiger partial charge in [0.25, 0.3) is 0 Å². The summed E-state index contributed by atoms with van der Waals surface area (Å²) in [5.41, 5.74) is 4.89. The molecule has 0 fully saturated rings. The van der Waals surface area contributed by atoms with Crippen LogP contribution in [0.1, 0.15) is 42.4 Å². The molecule has 218 valence electrons. The fraction of sp³-hybridized carbons (Fsp3) is 0.367. The number of ether oxygens (including phenoxy) is 6. The first kappa shape index (κ1) is 29.0. The Labute approximate surface area is 240 Å². The van der Waals surface area contributed by atoms with Crippen molar-refractivity contribution in [3.63, 3.8) is 0 Å². The molecule has 0 bridgehead atoms. The van der Waals surface area contributed by atoms with E-state index in [1.165, 1.54) is 7.11 Å². The number of fused-ring (bicyclic) bond motifs is 3. The predicted octanol–water partition coefficient (Wildman–Crippen LogP) is 5.34. The normalized spacial score (nSPS) is 16.9. The highest BCUT2D eigenvalue weighted by Gasteiger charge is 2.38. The van der Waals surface area contributed by atoms with Gasteiger partial charge in [0.2, 0.25) is 0 Å². The number of methoxy groups -OCH3 is 3. The quantitative estimate of drug-likeness (QED) is 0.173. The number of nitrogens with zero attached hydrogens (tertiary/aromatic N) is 1. The van der Waals surface area contributed by atoms with Crippen molar-refractivity contribution in [1.82, 2.24) is 4.83 Å². The lowest BCUT2D eigenvalue weighted by Gasteiger charge is -2.22. The lowest BCUT2D eigenvalue weighted by Crippen LogP contribution is -2.27. The summed E-state index contributed by atoms with van der Waals surface area (Å²) in [5, 5.41) is 5.93. The van der Waals surface area contributed by atoms with E-state index in [-0.39, 0.29) is 25.3 Å². The van der Waals surface area contributed by atoms with Crippen LogP contribution in [0.15, 0.2) is 58.0 Å². The zero-order chi connectivity index (χ0) is 29.0. The van der Waals surface area contributed by atoms with Gasteiger partial charge in [-0.05, 0) is 62.0 Å². The van der Waals surface area contributed by atoms with E-state index in [4.69, 9.17) is 28.4 Å². The van der Waals surface area contributed by atoms with Crippen LogP contribution in [-0.2, 0) is 28.8 Å². The summed E-state index contributed by atoms with van der Waals surface area (Å²) in [5.74, 6) is 1.55. The molecule has 10 nitrogen and oxygen atoms in total. The number of hydrogen-bond donors (Lipinski definition) is 1. The van der Waals surface area contributed by atoms with Crippen molar-refractivity contribution < 1.29 is 37.2 Å². The average Bonchev–Trinajstić information content (AvgIpc) is 3.31. The third-order valence-corrected chi connectivity index (χ3v) is 8.30. The fourth-order valence-electron chi connectivity index (χ4n) is 5.32. The van der Waals surface area contributed by atoms with Gasteiger partial charge in [-0.25, -0.2) is 0 Å². The van der Waals surface area contributed by atoms with Gasteiger partial charge in [-0.2, -0.15) is 0 Å². The zero-order valence-electron chi connectivity index (χ0n) is 23.6. The van der Waals surface area contributed by atoms with Crippen LogP contribution in [0.4, 0.5) is 0 Å². The zero-order valence-corrected chi connectivity index (χ0v) is 24.4. The summed E-state index contributed by atoms with van der Waals surface area (Å²) in [6, 6.07) is 12.2. The Balaban J connectivity index is 1.77. The molecule has 0 aliphatic heterocycles. The average molecular weight is 583 g/mol. The number of benzene rings is 3. The minimum absolute atomic E-state index is 0.0120. The van der Waals surface area contributed by atoms with Gasteiger partial charge in [-0.3, -0.25) is 0 Å². The molecular formula is C30H34N2O8S. The van der Waals surface area contributed by atoms with Crippen LogP contribution in [0, 0.1) is 6.92 Å². The van der Waals surface area contributed by atoms with Crippen LogP contribution in [-0.4, -0.2) is 52.0 Å². The second-order valence-electron chi connectivity index (χ2n) is 9.77. The molecule has 1 unspecified atom stereocenters. The van der Waals surface area contributed by atoms with E-state index in [0.29, 0.717) is 33.9 Å². The van der Waals surface area contributed by atoms with Crippen molar-refractivity contribution in [1.29, 1.82) is 0 Å². The Morgan fingerprint density at radius 2 is 1.46 bits per heavy atom. The van der Waals surface area contributed by atoms with Crippen molar-refractivity contribution in [2.45, 2.75) is 37.5 Å². The van der Waals surface area contributed by atoms with Gasteiger partial charge in [0.1, 0.15) is 23.0 Å². The number of rotatable bonds is 12. The Morgan fingerprint density at radius 1 is 0.829 bits per heavy atom. The van der Waals surface area contributed by atoms with Gasteiger partial charge in [-0.15, -0.1) is 9.93 Å². The Kier molecular flexibility index (Phi) is 8.91. The molecule has 0 spiro atoms. The summed E-state index contributed by atoms with van der Waals surface area (Å²) in [6.07, 6.45) is 3.44. The topological polar surface area (TPSA) is 120 Å². The van der Waals surface area contributed by atoms with E-state index >= 15 is 0 Å². The third-order valence-electron chi connectivity index (χ3n) is 7.08. The molecule has 0 aromatic heterocycles. The molecule has 0 saturated carbocycles. The first-order valence-corrected chi connectivity index (χ1v) is 14.8. The maximum Gasteiger partial charge on any atom is 0.197 e. The summed E-state index contributed by atoms with van der Waals surface area (Å²) in [6.45, 7) is 1.88. The largest absolute Gasteiger partial charge is 0.587 e. The summed E-state index contributed by atoms with van der Waals surface area (Å²) in [4.78, 5) is 2.60. The van der Waals surface area contributed by atoms with Crippen LogP contribution >= 0.6 is 0 Å². The molecule has 0 saturated heterocycles. The van der Waals surface area contributed by atoms with Crippen LogP contribution < -0.4 is 19.0 Å². The van der Waals surface area contributed by atoms with E-state index in [0.717, 1.165) is 53.3 Å². The number of allylic oxidation sites excluding steroid dienone is 2. The fourth-order valence-corrected chi connectivity index (χ4v) is 6.13. The molecule has 2 aliphatic carbocycles. The molecule has 41 heavy (non-hydrogen) atoms. The standard InChI is InChI=1S/C30H34N2O8S/c1-19-12-14-20(15-13-19)41(33,34)32-31-28-22-9-6-5-8-21(22)26-27(28)30(40-18-37-4)25-23(29(26)39-17-36-3)10-7-11-24(25)38-16-35-2/h7,10-15H,5-6,8-9,16-18H2,1-4H3,(H-,32,33,34)/b31-28+. The first-order chi connectivity index (χ1) is 19.9. The third kappa shape index (κ3) is 5.68. The van der Waals surface area contributed by atoms with Crippen molar-refractivity contribution in [2.24, 2.45) is 5.10 Å².